The molecule has 1 N–H and O–H groups in total. The van der Waals surface area contributed by atoms with Crippen molar-refractivity contribution < 1.29 is 19.0 Å². The number of pyridine rings is 2. The highest BCUT2D eigenvalue weighted by molar-refractivity contribution is 7.17. The number of hydrogen-bond donors (Lipinski definition) is 1. The molecule has 150 valence electrons. The van der Waals surface area contributed by atoms with E-state index >= 15 is 0 Å². The van der Waals surface area contributed by atoms with E-state index in [2.05, 4.69) is 25.5 Å². The smallest absolute Gasteiger partial charge is 0.296 e. The van der Waals surface area contributed by atoms with E-state index in [-0.39, 0.29) is 11.3 Å². The maximum Gasteiger partial charge on any atom is 0.296 e. The van der Waals surface area contributed by atoms with Gasteiger partial charge in [-0.25, -0.2) is 4.98 Å². The molecule has 0 aliphatic carbocycles. The molecule has 3 aromatic rings. The minimum atomic E-state index is -0.392. The van der Waals surface area contributed by atoms with Crippen LogP contribution in [0.2, 0.25) is 5.15 Å². The van der Waals surface area contributed by atoms with Crippen molar-refractivity contribution in [3.05, 3.63) is 40.9 Å². The van der Waals surface area contributed by atoms with Crippen molar-refractivity contribution in [1.29, 1.82) is 0 Å². The lowest BCUT2D eigenvalue weighted by molar-refractivity contribution is -0.0799. The maximum absolute atomic E-state index is 12.9. The predicted molar refractivity (Wildman–Crippen MR) is 107 cm³/mol. The van der Waals surface area contributed by atoms with Crippen molar-refractivity contribution >= 4 is 34.0 Å². The number of nitrogens with zero attached hydrogens (tertiary/aromatic N) is 4. The van der Waals surface area contributed by atoms with Crippen LogP contribution in [0.15, 0.2) is 24.5 Å². The molecule has 0 atom stereocenters. The average Bonchev–Trinajstić information content (AvgIpc) is 3.11. The van der Waals surface area contributed by atoms with Gasteiger partial charge in [0, 0.05) is 23.0 Å². The Morgan fingerprint density at radius 3 is 2.79 bits per heavy atom. The van der Waals surface area contributed by atoms with Crippen molar-refractivity contribution in [2.45, 2.75) is 13.0 Å². The highest BCUT2D eigenvalue weighted by atomic mass is 35.5. The molecule has 11 heteroatoms. The highest BCUT2D eigenvalue weighted by Crippen LogP contribution is 2.34. The van der Waals surface area contributed by atoms with Gasteiger partial charge >= 0.3 is 0 Å². The molecule has 0 radical (unpaired) electrons. The summed E-state index contributed by atoms with van der Waals surface area (Å²) in [6.45, 7) is 2.88. The van der Waals surface area contributed by atoms with Gasteiger partial charge in [0.2, 0.25) is 5.13 Å². The normalized spacial score (nSPS) is 13.6. The Morgan fingerprint density at radius 1 is 1.24 bits per heavy atom. The van der Waals surface area contributed by atoms with Crippen LogP contribution in [0.5, 0.6) is 10.9 Å². The zero-order valence-corrected chi connectivity index (χ0v) is 17.1. The Balaban J connectivity index is 1.61. The number of methoxy groups -OCH3 is 1. The average molecular weight is 434 g/mol. The second-order valence-electron chi connectivity index (χ2n) is 6.18. The van der Waals surface area contributed by atoms with E-state index in [1.54, 1.807) is 12.1 Å². The molecule has 4 heterocycles. The zero-order chi connectivity index (χ0) is 20.4. The third-order valence-electron chi connectivity index (χ3n) is 4.13. The Morgan fingerprint density at radius 2 is 2.07 bits per heavy atom. The molecule has 0 unspecified atom stereocenters. The van der Waals surface area contributed by atoms with Crippen LogP contribution in [0, 0.1) is 6.92 Å². The van der Waals surface area contributed by atoms with Gasteiger partial charge in [0.05, 0.1) is 32.1 Å². The molecule has 0 saturated carbocycles. The van der Waals surface area contributed by atoms with Crippen LogP contribution in [0.4, 0.5) is 5.13 Å². The largest absolute Gasteiger partial charge is 0.494 e. The minimum Gasteiger partial charge on any atom is -0.494 e. The van der Waals surface area contributed by atoms with Crippen LogP contribution in [0.3, 0.4) is 0 Å². The van der Waals surface area contributed by atoms with Gasteiger partial charge in [-0.15, -0.1) is 5.10 Å². The molecule has 1 saturated heterocycles. The van der Waals surface area contributed by atoms with Crippen molar-refractivity contribution in [2.75, 3.05) is 25.6 Å². The van der Waals surface area contributed by atoms with Gasteiger partial charge in [-0.3, -0.25) is 15.1 Å². The molecule has 0 spiro atoms. The molecule has 0 aromatic carbocycles. The second-order valence-corrected chi connectivity index (χ2v) is 7.51. The molecule has 1 aliphatic heterocycles. The number of halogens is 1. The number of anilines is 1. The number of carbonyl (C=O) groups excluding carboxylic acids is 1. The van der Waals surface area contributed by atoms with E-state index in [4.69, 9.17) is 25.8 Å². The third kappa shape index (κ3) is 4.29. The summed E-state index contributed by atoms with van der Waals surface area (Å²) in [5, 5.41) is 11.6. The summed E-state index contributed by atoms with van der Waals surface area (Å²) >= 11 is 7.20. The van der Waals surface area contributed by atoms with Crippen LogP contribution < -0.4 is 14.8 Å². The number of amides is 1. The van der Waals surface area contributed by atoms with E-state index in [0.29, 0.717) is 46.0 Å². The quantitative estimate of drug-likeness (QED) is 0.591. The summed E-state index contributed by atoms with van der Waals surface area (Å²) in [4.78, 5) is 21.2. The number of hydrogen-bond acceptors (Lipinski definition) is 9. The molecule has 1 amide bonds. The standard InChI is InChI=1S/C18H16ClN5O4S/c1-9-3-11(12-4-15(19)21-6-14(12)26-2)13(5-20-9)16(25)22-17-23-24-18(29-17)28-10-7-27-8-10/h3-6,10H,7-8H2,1-2H3,(H,22,23,25). The number of carbonyl (C=O) groups is 1. The highest BCUT2D eigenvalue weighted by Gasteiger charge is 2.23. The fourth-order valence-corrected chi connectivity index (χ4v) is 3.47. The van der Waals surface area contributed by atoms with E-state index < -0.39 is 5.91 Å². The number of aryl methyl sites for hydroxylation is 1. The summed E-state index contributed by atoms with van der Waals surface area (Å²) in [6.07, 6.45) is 2.98. The maximum atomic E-state index is 12.9. The van der Waals surface area contributed by atoms with E-state index in [1.165, 1.54) is 19.5 Å². The molecule has 3 aromatic heterocycles. The number of aromatic nitrogens is 4. The summed E-state index contributed by atoms with van der Waals surface area (Å²) in [6, 6.07) is 3.43. The topological polar surface area (TPSA) is 108 Å². The Labute approximate surface area is 175 Å². The van der Waals surface area contributed by atoms with Gasteiger partial charge < -0.3 is 14.2 Å². The first kappa shape index (κ1) is 19.5. The zero-order valence-electron chi connectivity index (χ0n) is 15.5. The first-order valence-corrected chi connectivity index (χ1v) is 9.78. The first-order valence-electron chi connectivity index (χ1n) is 8.59. The van der Waals surface area contributed by atoms with Crippen molar-refractivity contribution in [1.82, 2.24) is 20.2 Å². The van der Waals surface area contributed by atoms with Gasteiger partial charge in [-0.05, 0) is 30.4 Å². The monoisotopic (exact) mass is 433 g/mol. The summed E-state index contributed by atoms with van der Waals surface area (Å²) in [5.41, 5.74) is 2.32. The third-order valence-corrected chi connectivity index (χ3v) is 5.07. The number of ether oxygens (including phenoxy) is 3. The predicted octanol–water partition coefficient (Wildman–Crippen LogP) is 3.00. The molecular weight excluding hydrogens is 418 g/mol. The van der Waals surface area contributed by atoms with Crippen molar-refractivity contribution in [3.63, 3.8) is 0 Å². The summed E-state index contributed by atoms with van der Waals surface area (Å²) in [5.74, 6) is 0.0977. The lowest BCUT2D eigenvalue weighted by atomic mass is 10.0. The van der Waals surface area contributed by atoms with Crippen LogP contribution in [-0.4, -0.2) is 52.5 Å². The van der Waals surface area contributed by atoms with Gasteiger partial charge in [-0.1, -0.05) is 16.7 Å². The molecule has 4 rings (SSSR count). The fraction of sp³-hybridized carbons (Fsp3) is 0.278. The summed E-state index contributed by atoms with van der Waals surface area (Å²) < 4.78 is 16.0. The van der Waals surface area contributed by atoms with E-state index in [0.717, 1.165) is 17.0 Å². The van der Waals surface area contributed by atoms with Crippen molar-refractivity contribution in [2.24, 2.45) is 0 Å². The van der Waals surface area contributed by atoms with Crippen LogP contribution in [0.1, 0.15) is 16.1 Å². The van der Waals surface area contributed by atoms with E-state index in [9.17, 15) is 4.79 Å². The van der Waals surface area contributed by atoms with Crippen LogP contribution >= 0.6 is 22.9 Å². The van der Waals surface area contributed by atoms with Gasteiger partial charge in [0.15, 0.2) is 0 Å². The molecular formula is C18H16ClN5O4S. The lowest BCUT2D eigenvalue weighted by Gasteiger charge is -2.24. The summed E-state index contributed by atoms with van der Waals surface area (Å²) in [7, 11) is 1.53. The number of nitrogens with one attached hydrogen (secondary N) is 1. The Kier molecular flexibility index (Phi) is 5.56. The van der Waals surface area contributed by atoms with Gasteiger partial charge in [0.1, 0.15) is 17.0 Å². The van der Waals surface area contributed by atoms with Crippen LogP contribution in [-0.2, 0) is 4.74 Å². The van der Waals surface area contributed by atoms with E-state index in [1.807, 2.05) is 6.92 Å². The SMILES string of the molecule is COc1cnc(Cl)cc1-c1cc(C)ncc1C(=O)Nc1nnc(OC2COC2)s1. The molecule has 0 bridgehead atoms. The minimum absolute atomic E-state index is 0.0247. The van der Waals surface area contributed by atoms with Gasteiger partial charge in [-0.2, -0.15) is 0 Å². The second kappa shape index (κ2) is 8.27. The number of rotatable bonds is 6. The van der Waals surface area contributed by atoms with Crippen molar-refractivity contribution in [3.8, 4) is 22.1 Å². The first-order chi connectivity index (χ1) is 14.0. The Bertz CT molecular complexity index is 1060. The molecule has 9 nitrogen and oxygen atoms in total. The lowest BCUT2D eigenvalue weighted by Crippen LogP contribution is -2.38. The van der Waals surface area contributed by atoms with Crippen LogP contribution in [0.25, 0.3) is 11.1 Å². The molecule has 29 heavy (non-hydrogen) atoms. The fourth-order valence-electron chi connectivity index (χ4n) is 2.65. The molecule has 1 fully saturated rings. The van der Waals surface area contributed by atoms with Gasteiger partial charge in [0.25, 0.3) is 11.1 Å². The molecule has 1 aliphatic rings. The Hall–Kier alpha value is -2.82.